The van der Waals surface area contributed by atoms with Crippen LogP contribution in [0.2, 0.25) is 0 Å². The Morgan fingerprint density at radius 2 is 1.96 bits per heavy atom. The van der Waals surface area contributed by atoms with Crippen LogP contribution in [0.1, 0.15) is 44.1 Å². The van der Waals surface area contributed by atoms with Gasteiger partial charge in [-0.2, -0.15) is 0 Å². The highest BCUT2D eigenvalue weighted by Crippen LogP contribution is 2.34. The number of hydrogen-bond acceptors (Lipinski definition) is 2. The van der Waals surface area contributed by atoms with Crippen LogP contribution < -0.4 is 0 Å². The molecule has 23 heavy (non-hydrogen) atoms. The van der Waals surface area contributed by atoms with Crippen LogP contribution in [0.3, 0.4) is 0 Å². The zero-order valence-corrected chi connectivity index (χ0v) is 13.4. The molecule has 122 valence electrons. The van der Waals surface area contributed by atoms with E-state index in [9.17, 15) is 9.90 Å². The maximum Gasteiger partial charge on any atom is 0.223 e. The third kappa shape index (κ3) is 2.76. The van der Waals surface area contributed by atoms with E-state index in [1.165, 1.54) is 17.4 Å². The molecule has 1 unspecified atom stereocenters. The summed E-state index contributed by atoms with van der Waals surface area (Å²) in [4.78, 5) is 18.2. The lowest BCUT2D eigenvalue weighted by Crippen LogP contribution is -2.55. The van der Waals surface area contributed by atoms with E-state index in [2.05, 4.69) is 22.0 Å². The minimum absolute atomic E-state index is 0.219. The molecule has 1 amide bonds. The summed E-state index contributed by atoms with van der Waals surface area (Å²) in [7, 11) is 0. The normalized spacial score (nSPS) is 27.3. The zero-order chi connectivity index (χ0) is 15.8. The molecule has 2 aliphatic heterocycles. The van der Waals surface area contributed by atoms with Gasteiger partial charge in [-0.1, -0.05) is 18.2 Å². The molecule has 4 nitrogen and oxygen atoms in total. The molecular formula is C19H24N2O2. The van der Waals surface area contributed by atoms with Crippen LogP contribution in [0.4, 0.5) is 0 Å². The number of aryl methyl sites for hydroxylation is 1. The van der Waals surface area contributed by atoms with Gasteiger partial charge in [0.05, 0.1) is 6.10 Å². The highest BCUT2D eigenvalue weighted by Gasteiger charge is 2.39. The summed E-state index contributed by atoms with van der Waals surface area (Å²) in [5.74, 6) is 0.261. The molecule has 2 saturated heterocycles. The number of aliphatic hydroxyl groups excluding tert-OH is 1. The first-order valence-corrected chi connectivity index (χ1v) is 8.76. The zero-order valence-electron chi connectivity index (χ0n) is 13.4. The Morgan fingerprint density at radius 3 is 2.74 bits per heavy atom. The van der Waals surface area contributed by atoms with Crippen LogP contribution in [-0.4, -0.2) is 39.1 Å². The van der Waals surface area contributed by atoms with Crippen molar-refractivity contribution in [3.63, 3.8) is 0 Å². The molecule has 0 radical (unpaired) electrons. The lowest BCUT2D eigenvalue weighted by molar-refractivity contribution is -0.143. The lowest BCUT2D eigenvalue weighted by atomic mass is 9.82. The van der Waals surface area contributed by atoms with Gasteiger partial charge in [0.15, 0.2) is 0 Å². The van der Waals surface area contributed by atoms with E-state index in [1.807, 2.05) is 18.3 Å². The molecule has 1 aromatic heterocycles. The van der Waals surface area contributed by atoms with Crippen molar-refractivity contribution in [3.05, 3.63) is 36.0 Å². The van der Waals surface area contributed by atoms with Crippen molar-refractivity contribution in [2.45, 2.75) is 63.1 Å². The van der Waals surface area contributed by atoms with Gasteiger partial charge in [-0.05, 0) is 50.2 Å². The first kappa shape index (κ1) is 14.8. The number of amides is 1. The average molecular weight is 312 g/mol. The number of carbonyl (C=O) groups excluding carboxylic acids is 1. The Bertz CT molecular complexity index is 694. The van der Waals surface area contributed by atoms with E-state index < -0.39 is 0 Å². The van der Waals surface area contributed by atoms with Gasteiger partial charge in [0.25, 0.3) is 0 Å². The van der Waals surface area contributed by atoms with E-state index >= 15 is 0 Å². The number of carbonyl (C=O) groups is 1. The topological polar surface area (TPSA) is 56.3 Å². The summed E-state index contributed by atoms with van der Waals surface area (Å²) in [5, 5.41) is 11.2. The number of aliphatic hydroxyl groups is 1. The van der Waals surface area contributed by atoms with Gasteiger partial charge in [-0.25, -0.2) is 0 Å². The fourth-order valence-electron chi connectivity index (χ4n) is 4.47. The van der Waals surface area contributed by atoms with Crippen molar-refractivity contribution in [1.82, 2.24) is 9.88 Å². The second-order valence-electron chi connectivity index (χ2n) is 7.02. The van der Waals surface area contributed by atoms with Crippen LogP contribution in [0.5, 0.6) is 0 Å². The molecule has 0 aliphatic carbocycles. The van der Waals surface area contributed by atoms with E-state index in [-0.39, 0.29) is 24.1 Å². The van der Waals surface area contributed by atoms with Crippen molar-refractivity contribution >= 4 is 16.8 Å². The molecule has 2 aliphatic rings. The molecule has 3 heterocycles. The van der Waals surface area contributed by atoms with E-state index in [1.54, 1.807) is 0 Å². The molecule has 4 heteroatoms. The Kier molecular flexibility index (Phi) is 3.85. The van der Waals surface area contributed by atoms with Crippen molar-refractivity contribution in [2.24, 2.45) is 0 Å². The number of benzene rings is 1. The van der Waals surface area contributed by atoms with Gasteiger partial charge >= 0.3 is 0 Å². The molecule has 3 atom stereocenters. The predicted molar refractivity (Wildman–Crippen MR) is 90.1 cm³/mol. The Hall–Kier alpha value is -1.81. The first-order chi connectivity index (χ1) is 11.2. The summed E-state index contributed by atoms with van der Waals surface area (Å²) in [6.45, 7) is 0. The number of aromatic amines is 1. The third-order valence-corrected chi connectivity index (χ3v) is 5.52. The maximum absolute atomic E-state index is 12.8. The summed E-state index contributed by atoms with van der Waals surface area (Å²) in [6, 6.07) is 8.75. The number of aromatic nitrogens is 1. The number of hydrogen-bond donors (Lipinski definition) is 2. The quantitative estimate of drug-likeness (QED) is 0.915. The van der Waals surface area contributed by atoms with Crippen LogP contribution in [0, 0.1) is 0 Å². The number of piperidine rings is 2. The molecule has 4 rings (SSSR count). The fraction of sp³-hybridized carbons (Fsp3) is 0.526. The van der Waals surface area contributed by atoms with Gasteiger partial charge in [0.2, 0.25) is 5.91 Å². The molecule has 0 saturated carbocycles. The Morgan fingerprint density at radius 1 is 1.22 bits per heavy atom. The van der Waals surface area contributed by atoms with E-state index in [0.717, 1.165) is 37.6 Å². The minimum atomic E-state index is -0.219. The SMILES string of the molecule is O=C(CCc1c[nH]c2ccccc12)N1[C@@H]2CCC[C@H]1CC(O)C2. The molecule has 2 aromatic rings. The number of H-pyrrole nitrogens is 1. The van der Waals surface area contributed by atoms with Crippen LogP contribution in [-0.2, 0) is 11.2 Å². The number of nitrogens with zero attached hydrogens (tertiary/aromatic N) is 1. The van der Waals surface area contributed by atoms with Gasteiger partial charge < -0.3 is 15.0 Å². The number of para-hydroxylation sites is 1. The van der Waals surface area contributed by atoms with Gasteiger partial charge in [0.1, 0.15) is 0 Å². The van der Waals surface area contributed by atoms with Crippen LogP contribution >= 0.6 is 0 Å². The second-order valence-corrected chi connectivity index (χ2v) is 7.02. The van der Waals surface area contributed by atoms with Gasteiger partial charge in [-0.3, -0.25) is 4.79 Å². The summed E-state index contributed by atoms with van der Waals surface area (Å²) >= 11 is 0. The average Bonchev–Trinajstić information content (AvgIpc) is 2.95. The predicted octanol–water partition coefficient (Wildman–Crippen LogP) is 3.00. The number of nitrogens with one attached hydrogen (secondary N) is 1. The number of rotatable bonds is 3. The van der Waals surface area contributed by atoms with Crippen molar-refractivity contribution in [1.29, 1.82) is 0 Å². The summed E-state index contributed by atoms with van der Waals surface area (Å²) < 4.78 is 0. The first-order valence-electron chi connectivity index (χ1n) is 8.76. The second kappa shape index (κ2) is 6.00. The monoisotopic (exact) mass is 312 g/mol. The molecule has 0 spiro atoms. The molecule has 2 fully saturated rings. The van der Waals surface area contributed by atoms with Gasteiger partial charge in [0, 0.05) is 35.6 Å². The number of fused-ring (bicyclic) bond motifs is 3. The Balaban J connectivity index is 1.46. The van der Waals surface area contributed by atoms with E-state index in [4.69, 9.17) is 0 Å². The van der Waals surface area contributed by atoms with Crippen molar-refractivity contribution < 1.29 is 9.90 Å². The van der Waals surface area contributed by atoms with Gasteiger partial charge in [-0.15, -0.1) is 0 Å². The highest BCUT2D eigenvalue weighted by molar-refractivity contribution is 5.84. The molecule has 2 N–H and O–H groups in total. The minimum Gasteiger partial charge on any atom is -0.393 e. The van der Waals surface area contributed by atoms with Crippen molar-refractivity contribution in [3.8, 4) is 0 Å². The Labute approximate surface area is 136 Å². The molecule has 1 aromatic carbocycles. The standard InChI is InChI=1S/C19H24N2O2/c22-16-10-14-4-3-5-15(11-16)21(14)19(23)9-8-13-12-20-18-7-2-1-6-17(13)18/h1-2,6-7,12,14-16,20,22H,3-5,8-11H2/t14-,15+,16?. The van der Waals surface area contributed by atoms with E-state index in [0.29, 0.717) is 6.42 Å². The van der Waals surface area contributed by atoms with Crippen molar-refractivity contribution in [2.75, 3.05) is 0 Å². The smallest absolute Gasteiger partial charge is 0.223 e. The fourth-order valence-corrected chi connectivity index (χ4v) is 4.47. The lowest BCUT2D eigenvalue weighted by Gasteiger charge is -2.48. The maximum atomic E-state index is 12.8. The molecular weight excluding hydrogens is 288 g/mol. The third-order valence-electron chi connectivity index (χ3n) is 5.52. The summed E-state index contributed by atoms with van der Waals surface area (Å²) in [6.07, 6.45) is 7.95. The van der Waals surface area contributed by atoms with Crippen LogP contribution in [0.15, 0.2) is 30.5 Å². The highest BCUT2D eigenvalue weighted by atomic mass is 16.3. The molecule has 2 bridgehead atoms. The largest absolute Gasteiger partial charge is 0.393 e. The van der Waals surface area contributed by atoms with Crippen LogP contribution in [0.25, 0.3) is 10.9 Å². The summed E-state index contributed by atoms with van der Waals surface area (Å²) in [5.41, 5.74) is 2.35.